The quantitative estimate of drug-likeness (QED) is 0.631. The topological polar surface area (TPSA) is 33.3 Å². The van der Waals surface area contributed by atoms with Crippen molar-refractivity contribution in [2.45, 2.75) is 44.6 Å². The van der Waals surface area contributed by atoms with Gasteiger partial charge in [0.2, 0.25) is 0 Å². The summed E-state index contributed by atoms with van der Waals surface area (Å²) in [6.07, 6.45) is 6.88. The van der Waals surface area contributed by atoms with Crippen molar-refractivity contribution < 1.29 is 4.74 Å². The Labute approximate surface area is 94.0 Å². The minimum Gasteiger partial charge on any atom is -0.383 e. The van der Waals surface area contributed by atoms with E-state index in [1.807, 2.05) is 0 Å². The summed E-state index contributed by atoms with van der Waals surface area (Å²) in [5, 5.41) is 7.03. The second-order valence-electron chi connectivity index (χ2n) is 4.79. The van der Waals surface area contributed by atoms with Crippen LogP contribution >= 0.6 is 0 Å². The van der Waals surface area contributed by atoms with Gasteiger partial charge >= 0.3 is 0 Å². The van der Waals surface area contributed by atoms with E-state index in [1.54, 1.807) is 7.11 Å². The summed E-state index contributed by atoms with van der Waals surface area (Å²) in [5.41, 5.74) is 0.404. The second-order valence-corrected chi connectivity index (χ2v) is 4.79. The number of rotatable bonds is 7. The van der Waals surface area contributed by atoms with Gasteiger partial charge in [-0.15, -0.1) is 0 Å². The highest BCUT2D eigenvalue weighted by atomic mass is 16.5. The van der Waals surface area contributed by atoms with E-state index in [1.165, 1.54) is 32.1 Å². The number of methoxy groups -OCH3 is 1. The molecule has 0 amide bonds. The predicted octanol–water partition coefficient (Wildman–Crippen LogP) is 1.53. The Morgan fingerprint density at radius 2 is 1.80 bits per heavy atom. The van der Waals surface area contributed by atoms with Crippen LogP contribution in [0.15, 0.2) is 0 Å². The Morgan fingerprint density at radius 1 is 1.07 bits per heavy atom. The highest BCUT2D eigenvalue weighted by Gasteiger charge is 2.25. The van der Waals surface area contributed by atoms with Gasteiger partial charge in [0, 0.05) is 32.3 Å². The molecule has 3 nitrogen and oxygen atoms in total. The number of hydrogen-bond acceptors (Lipinski definition) is 3. The van der Waals surface area contributed by atoms with Crippen molar-refractivity contribution in [1.82, 2.24) is 10.6 Å². The lowest BCUT2D eigenvalue weighted by molar-refractivity contribution is 0.198. The van der Waals surface area contributed by atoms with Crippen LogP contribution in [0.5, 0.6) is 0 Å². The maximum absolute atomic E-state index is 4.98. The first-order valence-electron chi connectivity index (χ1n) is 6.21. The molecule has 2 N–H and O–H groups in total. The fourth-order valence-electron chi connectivity index (χ4n) is 2.26. The Bertz CT molecular complexity index is 156. The van der Waals surface area contributed by atoms with Crippen LogP contribution in [0.4, 0.5) is 0 Å². The van der Waals surface area contributed by atoms with Gasteiger partial charge in [0.05, 0.1) is 6.61 Å². The van der Waals surface area contributed by atoms with Crippen molar-refractivity contribution in [3.05, 3.63) is 0 Å². The summed E-state index contributed by atoms with van der Waals surface area (Å²) in [4.78, 5) is 0. The maximum Gasteiger partial charge on any atom is 0.0587 e. The lowest BCUT2D eigenvalue weighted by atomic mass is 9.83. The molecule has 0 heterocycles. The summed E-state index contributed by atoms with van der Waals surface area (Å²) >= 11 is 0. The zero-order valence-electron chi connectivity index (χ0n) is 10.3. The Balaban J connectivity index is 1.98. The SMILES string of the molecule is COCCNCCNC1(C)CCCCC1. The molecule has 1 fully saturated rings. The smallest absolute Gasteiger partial charge is 0.0587 e. The zero-order valence-corrected chi connectivity index (χ0v) is 10.3. The van der Waals surface area contributed by atoms with E-state index >= 15 is 0 Å². The molecule has 0 bridgehead atoms. The molecular formula is C12H26N2O. The molecular weight excluding hydrogens is 188 g/mol. The van der Waals surface area contributed by atoms with E-state index in [-0.39, 0.29) is 0 Å². The molecule has 0 aromatic rings. The molecule has 0 unspecified atom stereocenters. The van der Waals surface area contributed by atoms with Gasteiger partial charge in [-0.2, -0.15) is 0 Å². The minimum atomic E-state index is 0.404. The third-order valence-corrected chi connectivity index (χ3v) is 3.29. The monoisotopic (exact) mass is 214 g/mol. The fraction of sp³-hybridized carbons (Fsp3) is 1.00. The molecule has 0 radical (unpaired) electrons. The lowest BCUT2D eigenvalue weighted by Gasteiger charge is -2.34. The van der Waals surface area contributed by atoms with Crippen LogP contribution in [0.1, 0.15) is 39.0 Å². The molecule has 1 aliphatic rings. The van der Waals surface area contributed by atoms with Crippen LogP contribution in [-0.2, 0) is 4.74 Å². The van der Waals surface area contributed by atoms with Gasteiger partial charge in [-0.25, -0.2) is 0 Å². The molecule has 0 saturated heterocycles. The van der Waals surface area contributed by atoms with E-state index in [0.717, 1.165) is 26.2 Å². The standard InChI is InChI=1S/C12H26N2O/c1-12(6-4-3-5-7-12)14-9-8-13-10-11-15-2/h13-14H,3-11H2,1-2H3. The molecule has 0 aromatic carbocycles. The third-order valence-electron chi connectivity index (χ3n) is 3.29. The van der Waals surface area contributed by atoms with E-state index in [4.69, 9.17) is 4.74 Å². The molecule has 15 heavy (non-hydrogen) atoms. The Morgan fingerprint density at radius 3 is 2.47 bits per heavy atom. The molecule has 0 atom stereocenters. The molecule has 0 aromatic heterocycles. The summed E-state index contributed by atoms with van der Waals surface area (Å²) in [5.74, 6) is 0. The van der Waals surface area contributed by atoms with Gasteiger partial charge < -0.3 is 15.4 Å². The Kier molecular flexibility index (Phi) is 6.22. The second kappa shape index (κ2) is 7.20. The Hall–Kier alpha value is -0.120. The summed E-state index contributed by atoms with van der Waals surface area (Å²) in [7, 11) is 1.74. The van der Waals surface area contributed by atoms with Gasteiger partial charge in [-0.05, 0) is 19.8 Å². The minimum absolute atomic E-state index is 0.404. The first-order valence-corrected chi connectivity index (χ1v) is 6.21. The van der Waals surface area contributed by atoms with Gasteiger partial charge in [0.15, 0.2) is 0 Å². The molecule has 1 rings (SSSR count). The van der Waals surface area contributed by atoms with Gasteiger partial charge in [0.1, 0.15) is 0 Å². The van der Waals surface area contributed by atoms with Gasteiger partial charge in [0.25, 0.3) is 0 Å². The van der Waals surface area contributed by atoms with Crippen molar-refractivity contribution in [2.24, 2.45) is 0 Å². The van der Waals surface area contributed by atoms with E-state index in [2.05, 4.69) is 17.6 Å². The fourth-order valence-corrected chi connectivity index (χ4v) is 2.26. The average molecular weight is 214 g/mol. The van der Waals surface area contributed by atoms with E-state index in [9.17, 15) is 0 Å². The first kappa shape index (κ1) is 12.9. The number of ether oxygens (including phenoxy) is 1. The number of hydrogen-bond donors (Lipinski definition) is 2. The van der Waals surface area contributed by atoms with Crippen LogP contribution in [0.2, 0.25) is 0 Å². The van der Waals surface area contributed by atoms with Crippen LogP contribution in [0, 0.1) is 0 Å². The van der Waals surface area contributed by atoms with Crippen LogP contribution in [-0.4, -0.2) is 38.9 Å². The van der Waals surface area contributed by atoms with Crippen molar-refractivity contribution in [3.63, 3.8) is 0 Å². The van der Waals surface area contributed by atoms with Crippen molar-refractivity contribution >= 4 is 0 Å². The highest BCUT2D eigenvalue weighted by molar-refractivity contribution is 4.86. The molecule has 1 aliphatic carbocycles. The van der Waals surface area contributed by atoms with Crippen molar-refractivity contribution in [3.8, 4) is 0 Å². The van der Waals surface area contributed by atoms with Crippen molar-refractivity contribution in [2.75, 3.05) is 33.4 Å². The van der Waals surface area contributed by atoms with E-state index in [0.29, 0.717) is 5.54 Å². The van der Waals surface area contributed by atoms with Crippen molar-refractivity contribution in [1.29, 1.82) is 0 Å². The molecule has 0 spiro atoms. The predicted molar refractivity (Wildman–Crippen MR) is 64.2 cm³/mol. The molecule has 0 aliphatic heterocycles. The van der Waals surface area contributed by atoms with Crippen LogP contribution < -0.4 is 10.6 Å². The summed E-state index contributed by atoms with van der Waals surface area (Å²) in [6.45, 7) is 6.23. The zero-order chi connectivity index (χ0) is 11.0. The molecule has 1 saturated carbocycles. The molecule has 90 valence electrons. The summed E-state index contributed by atoms with van der Waals surface area (Å²) < 4.78 is 4.98. The summed E-state index contributed by atoms with van der Waals surface area (Å²) in [6, 6.07) is 0. The molecule has 3 heteroatoms. The van der Waals surface area contributed by atoms with Gasteiger partial charge in [-0.1, -0.05) is 19.3 Å². The van der Waals surface area contributed by atoms with Gasteiger partial charge in [-0.3, -0.25) is 0 Å². The normalized spacial score (nSPS) is 20.4. The average Bonchev–Trinajstić information content (AvgIpc) is 2.24. The third kappa shape index (κ3) is 5.50. The number of nitrogens with one attached hydrogen (secondary N) is 2. The largest absolute Gasteiger partial charge is 0.383 e. The first-order chi connectivity index (χ1) is 7.27. The maximum atomic E-state index is 4.98. The van der Waals surface area contributed by atoms with E-state index < -0.39 is 0 Å². The highest BCUT2D eigenvalue weighted by Crippen LogP contribution is 2.26. The van der Waals surface area contributed by atoms with Crippen LogP contribution in [0.25, 0.3) is 0 Å². The van der Waals surface area contributed by atoms with Crippen LogP contribution in [0.3, 0.4) is 0 Å². The lowest BCUT2D eigenvalue weighted by Crippen LogP contribution is -2.46.